The molecule has 1 heterocycles. The average Bonchev–Trinajstić information content (AvgIpc) is 2.91. The summed E-state index contributed by atoms with van der Waals surface area (Å²) in [6, 6.07) is 3.00. The summed E-state index contributed by atoms with van der Waals surface area (Å²) in [7, 11) is 0. The van der Waals surface area contributed by atoms with Crippen molar-refractivity contribution in [3.8, 4) is 0 Å². The summed E-state index contributed by atoms with van der Waals surface area (Å²) in [6.45, 7) is 0. The van der Waals surface area contributed by atoms with Gasteiger partial charge in [-0.15, -0.1) is 0 Å². The van der Waals surface area contributed by atoms with Crippen molar-refractivity contribution in [1.29, 1.82) is 0 Å². The molecule has 0 spiro atoms. The second kappa shape index (κ2) is 6.85. The van der Waals surface area contributed by atoms with Gasteiger partial charge in [0.05, 0.1) is 16.3 Å². The van der Waals surface area contributed by atoms with E-state index in [0.717, 1.165) is 35.8 Å². The van der Waals surface area contributed by atoms with Crippen molar-refractivity contribution in [1.82, 2.24) is 5.43 Å². The number of nitrogens with zero attached hydrogens (tertiary/aromatic N) is 1. The van der Waals surface area contributed by atoms with Gasteiger partial charge in [-0.25, -0.2) is 0 Å². The predicted octanol–water partition coefficient (Wildman–Crippen LogP) is 4.14. The lowest BCUT2D eigenvalue weighted by molar-refractivity contribution is -0.137. The van der Waals surface area contributed by atoms with Gasteiger partial charge in [0, 0.05) is 11.5 Å². The summed E-state index contributed by atoms with van der Waals surface area (Å²) in [5.74, 6) is 1.85. The minimum absolute atomic E-state index is 0.0880. The molecule has 3 nitrogen and oxygen atoms in total. The minimum Gasteiger partial charge on any atom is -0.330 e. The first-order valence-electron chi connectivity index (χ1n) is 5.93. The SMILES string of the molecule is FC(F)(F)c1ccc(Cl)c(NC(=S)NN=C2CCSC2)c1. The molecular formula is C12H11ClF3N3S2. The van der Waals surface area contributed by atoms with E-state index in [0.29, 0.717) is 0 Å². The van der Waals surface area contributed by atoms with Gasteiger partial charge >= 0.3 is 6.18 Å². The zero-order valence-corrected chi connectivity index (χ0v) is 13.0. The zero-order chi connectivity index (χ0) is 15.5. The molecule has 1 aliphatic rings. The number of alkyl halides is 3. The molecule has 0 radical (unpaired) electrons. The van der Waals surface area contributed by atoms with Gasteiger partial charge in [-0.3, -0.25) is 5.43 Å². The first-order valence-corrected chi connectivity index (χ1v) is 7.87. The molecule has 9 heteroatoms. The Kier molecular flexibility index (Phi) is 5.34. The monoisotopic (exact) mass is 353 g/mol. The van der Waals surface area contributed by atoms with E-state index in [2.05, 4.69) is 15.8 Å². The van der Waals surface area contributed by atoms with E-state index in [1.54, 1.807) is 11.8 Å². The van der Waals surface area contributed by atoms with Crippen LogP contribution < -0.4 is 10.7 Å². The van der Waals surface area contributed by atoms with E-state index in [1.807, 2.05) is 0 Å². The highest BCUT2D eigenvalue weighted by Crippen LogP contribution is 2.33. The van der Waals surface area contributed by atoms with Crippen molar-refractivity contribution in [3.05, 3.63) is 28.8 Å². The number of hydrogen-bond acceptors (Lipinski definition) is 3. The summed E-state index contributed by atoms with van der Waals surface area (Å²) in [4.78, 5) is 0. The van der Waals surface area contributed by atoms with Gasteiger partial charge < -0.3 is 5.32 Å². The van der Waals surface area contributed by atoms with Gasteiger partial charge in [0.15, 0.2) is 5.11 Å². The summed E-state index contributed by atoms with van der Waals surface area (Å²) >= 11 is 12.6. The van der Waals surface area contributed by atoms with E-state index in [1.165, 1.54) is 6.07 Å². The molecule has 0 amide bonds. The molecule has 0 aliphatic carbocycles. The quantitative estimate of drug-likeness (QED) is 0.619. The maximum absolute atomic E-state index is 12.6. The third kappa shape index (κ3) is 4.76. The Morgan fingerprint density at radius 2 is 2.14 bits per heavy atom. The lowest BCUT2D eigenvalue weighted by Gasteiger charge is -2.12. The second-order valence-corrected chi connectivity index (χ2v) is 6.16. The molecule has 114 valence electrons. The lowest BCUT2D eigenvalue weighted by atomic mass is 10.2. The lowest BCUT2D eigenvalue weighted by Crippen LogP contribution is -2.25. The van der Waals surface area contributed by atoms with Crippen LogP contribution in [0.3, 0.4) is 0 Å². The Morgan fingerprint density at radius 1 is 1.38 bits per heavy atom. The Morgan fingerprint density at radius 3 is 2.76 bits per heavy atom. The number of thiocarbonyl (C=S) groups is 1. The first kappa shape index (κ1) is 16.4. The van der Waals surface area contributed by atoms with Crippen LogP contribution in [0.15, 0.2) is 23.3 Å². The average molecular weight is 354 g/mol. The fraction of sp³-hybridized carbons (Fsp3) is 0.333. The highest BCUT2D eigenvalue weighted by molar-refractivity contribution is 8.00. The van der Waals surface area contributed by atoms with Crippen LogP contribution in [0.4, 0.5) is 18.9 Å². The van der Waals surface area contributed by atoms with Crippen molar-refractivity contribution in [2.75, 3.05) is 16.8 Å². The van der Waals surface area contributed by atoms with Crippen molar-refractivity contribution in [3.63, 3.8) is 0 Å². The van der Waals surface area contributed by atoms with Crippen LogP contribution in [0.25, 0.3) is 0 Å². The van der Waals surface area contributed by atoms with E-state index < -0.39 is 11.7 Å². The van der Waals surface area contributed by atoms with Gasteiger partial charge in [-0.2, -0.15) is 30.0 Å². The molecule has 1 aromatic rings. The number of thioether (sulfide) groups is 1. The molecule has 0 saturated carbocycles. The molecule has 1 aromatic carbocycles. The van der Waals surface area contributed by atoms with Gasteiger partial charge in [-0.05, 0) is 42.6 Å². The van der Waals surface area contributed by atoms with E-state index in [4.69, 9.17) is 23.8 Å². The maximum atomic E-state index is 12.6. The highest BCUT2D eigenvalue weighted by Gasteiger charge is 2.31. The molecule has 1 saturated heterocycles. The van der Waals surface area contributed by atoms with Crippen molar-refractivity contribution in [2.24, 2.45) is 5.10 Å². The van der Waals surface area contributed by atoms with E-state index in [-0.39, 0.29) is 15.8 Å². The number of hydrogen-bond donors (Lipinski definition) is 2. The predicted molar refractivity (Wildman–Crippen MR) is 85.2 cm³/mol. The summed E-state index contributed by atoms with van der Waals surface area (Å²) in [6.07, 6.45) is -3.55. The number of anilines is 1. The molecule has 0 aromatic heterocycles. The van der Waals surface area contributed by atoms with Crippen LogP contribution in [-0.4, -0.2) is 22.3 Å². The number of nitrogens with one attached hydrogen (secondary N) is 2. The molecule has 0 atom stereocenters. The molecule has 0 unspecified atom stereocenters. The normalized spacial score (nSPS) is 17.0. The van der Waals surface area contributed by atoms with E-state index in [9.17, 15) is 13.2 Å². The molecule has 0 bridgehead atoms. The molecule has 2 rings (SSSR count). The highest BCUT2D eigenvalue weighted by atomic mass is 35.5. The van der Waals surface area contributed by atoms with Gasteiger partial charge in [0.1, 0.15) is 0 Å². The first-order chi connectivity index (χ1) is 9.86. The Labute approximate surface area is 134 Å². The summed E-state index contributed by atoms with van der Waals surface area (Å²) < 4.78 is 37.9. The smallest absolute Gasteiger partial charge is 0.330 e. The summed E-state index contributed by atoms with van der Waals surface area (Å²) in [5, 5.41) is 6.97. The fourth-order valence-corrected chi connectivity index (χ4v) is 2.91. The standard InChI is InChI=1S/C12H11ClF3N3S2/c13-9-2-1-7(12(14,15)16)5-10(9)17-11(20)19-18-8-3-4-21-6-8/h1-2,5H,3-4,6H2,(H2,17,19,20). The van der Waals surface area contributed by atoms with E-state index >= 15 is 0 Å². The van der Waals surface area contributed by atoms with Crippen molar-refractivity contribution in [2.45, 2.75) is 12.6 Å². The molecule has 1 aliphatic heterocycles. The van der Waals surface area contributed by atoms with Crippen LogP contribution in [0, 0.1) is 0 Å². The van der Waals surface area contributed by atoms with Gasteiger partial charge in [-0.1, -0.05) is 11.6 Å². The zero-order valence-electron chi connectivity index (χ0n) is 10.6. The van der Waals surface area contributed by atoms with Gasteiger partial charge in [0.25, 0.3) is 0 Å². The van der Waals surface area contributed by atoms with Crippen LogP contribution in [0.2, 0.25) is 5.02 Å². The summed E-state index contributed by atoms with van der Waals surface area (Å²) in [5.41, 5.74) is 2.88. The number of rotatable bonds is 2. The largest absolute Gasteiger partial charge is 0.416 e. The van der Waals surface area contributed by atoms with Crippen molar-refractivity contribution >= 4 is 52.1 Å². The Bertz CT molecular complexity index is 567. The van der Waals surface area contributed by atoms with Crippen LogP contribution >= 0.6 is 35.6 Å². The Balaban J connectivity index is 2.04. The Hall–Kier alpha value is -0.990. The topological polar surface area (TPSA) is 36.4 Å². The van der Waals surface area contributed by atoms with Crippen LogP contribution in [0.5, 0.6) is 0 Å². The third-order valence-corrected chi connectivity index (χ3v) is 4.21. The molecule has 21 heavy (non-hydrogen) atoms. The molecule has 2 N–H and O–H groups in total. The third-order valence-electron chi connectivity index (χ3n) is 2.66. The number of hydrazone groups is 1. The minimum atomic E-state index is -4.43. The number of halogens is 4. The molecule has 1 fully saturated rings. The molecular weight excluding hydrogens is 343 g/mol. The fourth-order valence-electron chi connectivity index (χ4n) is 1.62. The maximum Gasteiger partial charge on any atom is 0.416 e. The number of benzene rings is 1. The van der Waals surface area contributed by atoms with Crippen LogP contribution in [-0.2, 0) is 6.18 Å². The van der Waals surface area contributed by atoms with Crippen molar-refractivity contribution < 1.29 is 13.2 Å². The second-order valence-electron chi connectivity index (χ2n) is 4.24. The van der Waals surface area contributed by atoms with Gasteiger partial charge in [0.2, 0.25) is 0 Å². The van der Waals surface area contributed by atoms with Crippen LogP contribution in [0.1, 0.15) is 12.0 Å².